The minimum absolute atomic E-state index is 0.0630. The van der Waals surface area contributed by atoms with E-state index >= 15 is 0 Å². The average molecular weight is 396 g/mol. The molecule has 23 heavy (non-hydrogen) atoms. The predicted octanol–water partition coefficient (Wildman–Crippen LogP) is 2.65. The molecule has 0 spiro atoms. The number of hydrogen-bond acceptors (Lipinski definition) is 7. The fraction of sp³-hybridized carbons (Fsp3) is 0.250. The molecule has 2 rings (SSSR count). The molecular weight excluding hydrogens is 385 g/mol. The van der Waals surface area contributed by atoms with E-state index in [4.69, 9.17) is 27.9 Å². The van der Waals surface area contributed by atoms with Gasteiger partial charge in [0.2, 0.25) is 19.3 Å². The number of nitrogens with one attached hydrogen (secondary N) is 1. The Morgan fingerprint density at radius 1 is 1.35 bits per heavy atom. The van der Waals surface area contributed by atoms with E-state index < -0.39 is 21.8 Å². The van der Waals surface area contributed by atoms with E-state index in [0.29, 0.717) is 10.8 Å². The number of benzene rings is 1. The summed E-state index contributed by atoms with van der Waals surface area (Å²) in [6, 6.07) is 4.61. The van der Waals surface area contributed by atoms with Crippen LogP contribution in [0.3, 0.4) is 0 Å². The molecule has 0 aliphatic carbocycles. The van der Waals surface area contributed by atoms with Crippen LogP contribution < -0.4 is 10.1 Å². The molecule has 0 bridgehead atoms. The molecule has 0 aliphatic heterocycles. The molecule has 1 heterocycles. The van der Waals surface area contributed by atoms with Crippen LogP contribution in [0, 0.1) is 0 Å². The highest BCUT2D eigenvalue weighted by Gasteiger charge is 2.20. The van der Waals surface area contributed by atoms with Crippen LogP contribution in [0.4, 0.5) is 5.13 Å². The molecule has 0 fully saturated rings. The first kappa shape index (κ1) is 17.9. The second-order valence-corrected chi connectivity index (χ2v) is 8.48. The quantitative estimate of drug-likeness (QED) is 0.781. The molecule has 0 radical (unpaired) electrons. The van der Waals surface area contributed by atoms with Crippen LogP contribution in [0.2, 0.25) is 10.0 Å². The number of amides is 1. The number of rotatable bonds is 5. The lowest BCUT2D eigenvalue weighted by atomic mass is 10.3. The summed E-state index contributed by atoms with van der Waals surface area (Å²) in [5, 5.41) is 10.3. The van der Waals surface area contributed by atoms with E-state index in [1.54, 1.807) is 12.1 Å². The molecule has 0 saturated heterocycles. The lowest BCUT2D eigenvalue weighted by Gasteiger charge is -2.14. The monoisotopic (exact) mass is 395 g/mol. The zero-order valence-corrected chi connectivity index (χ0v) is 15.1. The van der Waals surface area contributed by atoms with Gasteiger partial charge >= 0.3 is 0 Å². The molecule has 1 N–H and O–H groups in total. The zero-order chi connectivity index (χ0) is 17.2. The van der Waals surface area contributed by atoms with Gasteiger partial charge in [-0.2, -0.15) is 0 Å². The lowest BCUT2D eigenvalue weighted by Crippen LogP contribution is -2.30. The maximum atomic E-state index is 12.0. The smallest absolute Gasteiger partial charge is 0.266 e. The summed E-state index contributed by atoms with van der Waals surface area (Å²) in [4.78, 5) is 12.0. The van der Waals surface area contributed by atoms with Crippen LogP contribution in [0.1, 0.15) is 6.92 Å². The summed E-state index contributed by atoms with van der Waals surface area (Å²) in [6.45, 7) is 1.51. The van der Waals surface area contributed by atoms with Gasteiger partial charge in [-0.3, -0.25) is 10.1 Å². The van der Waals surface area contributed by atoms with Crippen molar-refractivity contribution in [2.24, 2.45) is 0 Å². The Kier molecular flexibility index (Phi) is 5.45. The molecule has 1 amide bonds. The van der Waals surface area contributed by atoms with Crippen molar-refractivity contribution in [1.82, 2.24) is 10.2 Å². The highest BCUT2D eigenvalue weighted by atomic mass is 35.5. The van der Waals surface area contributed by atoms with Crippen molar-refractivity contribution in [1.29, 1.82) is 0 Å². The summed E-state index contributed by atoms with van der Waals surface area (Å²) < 4.78 is 27.9. The topological polar surface area (TPSA) is 98.2 Å². The van der Waals surface area contributed by atoms with Gasteiger partial charge < -0.3 is 4.74 Å². The second kappa shape index (κ2) is 7.00. The third-order valence-corrected chi connectivity index (χ3v) is 5.56. The van der Waals surface area contributed by atoms with E-state index in [1.807, 2.05) is 0 Å². The van der Waals surface area contributed by atoms with Gasteiger partial charge in [0.05, 0.1) is 5.02 Å². The molecule has 1 atom stereocenters. The number of aromatic nitrogens is 2. The number of carbonyl (C=O) groups excluding carboxylic acids is 1. The molecule has 0 saturated carbocycles. The second-order valence-electron chi connectivity index (χ2n) is 4.47. The molecule has 124 valence electrons. The Hall–Kier alpha value is -1.42. The molecule has 0 unspecified atom stereocenters. The number of anilines is 1. The van der Waals surface area contributed by atoms with Gasteiger partial charge in [-0.25, -0.2) is 8.42 Å². The van der Waals surface area contributed by atoms with E-state index in [9.17, 15) is 13.2 Å². The van der Waals surface area contributed by atoms with Crippen molar-refractivity contribution in [2.75, 3.05) is 11.6 Å². The number of nitrogens with zero attached hydrogens (tertiary/aromatic N) is 2. The van der Waals surface area contributed by atoms with Gasteiger partial charge in [-0.15, -0.1) is 10.2 Å². The van der Waals surface area contributed by atoms with Crippen LogP contribution in [-0.4, -0.2) is 36.9 Å². The fourth-order valence-corrected chi connectivity index (χ4v) is 3.40. The minimum atomic E-state index is -3.46. The number of hydrogen-bond donors (Lipinski definition) is 1. The van der Waals surface area contributed by atoms with Crippen molar-refractivity contribution < 1.29 is 17.9 Å². The number of ether oxygens (including phenoxy) is 1. The van der Waals surface area contributed by atoms with Gasteiger partial charge in [-0.05, 0) is 25.1 Å². The van der Waals surface area contributed by atoms with Crippen molar-refractivity contribution >= 4 is 55.4 Å². The number of carbonyl (C=O) groups is 1. The Morgan fingerprint density at radius 2 is 2.04 bits per heavy atom. The van der Waals surface area contributed by atoms with Gasteiger partial charge in [-0.1, -0.05) is 34.5 Å². The first-order chi connectivity index (χ1) is 10.7. The molecule has 0 aliphatic rings. The highest BCUT2D eigenvalue weighted by Crippen LogP contribution is 2.28. The summed E-state index contributed by atoms with van der Waals surface area (Å²) in [6.07, 6.45) is 0.118. The molecular formula is C12H11Cl2N3O4S2. The van der Waals surface area contributed by atoms with E-state index in [1.165, 1.54) is 13.0 Å². The van der Waals surface area contributed by atoms with E-state index in [0.717, 1.165) is 17.6 Å². The Morgan fingerprint density at radius 3 is 2.61 bits per heavy atom. The molecule has 7 nitrogen and oxygen atoms in total. The van der Waals surface area contributed by atoms with Gasteiger partial charge in [0, 0.05) is 11.3 Å². The zero-order valence-electron chi connectivity index (χ0n) is 11.9. The van der Waals surface area contributed by atoms with Crippen molar-refractivity contribution in [3.8, 4) is 5.75 Å². The molecule has 11 heteroatoms. The SMILES string of the molecule is C[C@H](Oc1ccc(Cl)cc1Cl)C(=O)Nc1nnc(S(C)(=O)=O)s1. The summed E-state index contributed by atoms with van der Waals surface area (Å²) in [7, 11) is -3.46. The standard InChI is InChI=1S/C12H11Cl2N3O4S2/c1-6(21-9-4-3-7(13)5-8(9)14)10(18)15-11-16-17-12(22-11)23(2,19)20/h3-6H,1-2H3,(H,15,16,18)/t6-/m0/s1. The highest BCUT2D eigenvalue weighted by molar-refractivity contribution is 7.92. The molecule has 1 aromatic heterocycles. The predicted molar refractivity (Wildman–Crippen MR) is 88.2 cm³/mol. The Labute approximate surface area is 146 Å². The molecule has 1 aromatic carbocycles. The van der Waals surface area contributed by atoms with Crippen molar-refractivity contribution in [3.63, 3.8) is 0 Å². The summed E-state index contributed by atoms with van der Waals surface area (Å²) in [5.41, 5.74) is 0. The summed E-state index contributed by atoms with van der Waals surface area (Å²) in [5.74, 6) is -0.222. The Bertz CT molecular complexity index is 839. The average Bonchev–Trinajstić information content (AvgIpc) is 2.90. The van der Waals surface area contributed by atoms with Crippen LogP contribution in [0.25, 0.3) is 0 Å². The third kappa shape index (κ3) is 4.77. The number of sulfone groups is 1. The largest absolute Gasteiger partial charge is 0.479 e. The van der Waals surface area contributed by atoms with Crippen molar-refractivity contribution in [2.45, 2.75) is 17.4 Å². The van der Waals surface area contributed by atoms with Gasteiger partial charge in [0.25, 0.3) is 5.91 Å². The third-order valence-electron chi connectivity index (χ3n) is 2.52. The summed E-state index contributed by atoms with van der Waals surface area (Å²) >= 11 is 12.5. The maximum Gasteiger partial charge on any atom is 0.266 e. The molecule has 2 aromatic rings. The number of halogens is 2. The van der Waals surface area contributed by atoms with Crippen LogP contribution >= 0.6 is 34.5 Å². The fourth-order valence-electron chi connectivity index (χ4n) is 1.43. The first-order valence-corrected chi connectivity index (χ1v) is 9.59. The van der Waals surface area contributed by atoms with Crippen LogP contribution in [0.15, 0.2) is 22.5 Å². The lowest BCUT2D eigenvalue weighted by molar-refractivity contribution is -0.122. The normalized spacial score (nSPS) is 12.7. The van der Waals surface area contributed by atoms with Crippen LogP contribution in [0.5, 0.6) is 5.75 Å². The van der Waals surface area contributed by atoms with Gasteiger partial charge in [0.15, 0.2) is 6.10 Å². The van der Waals surface area contributed by atoms with E-state index in [2.05, 4.69) is 15.5 Å². The maximum absolute atomic E-state index is 12.0. The van der Waals surface area contributed by atoms with Crippen molar-refractivity contribution in [3.05, 3.63) is 28.2 Å². The van der Waals surface area contributed by atoms with E-state index in [-0.39, 0.29) is 14.5 Å². The minimum Gasteiger partial charge on any atom is -0.479 e. The van der Waals surface area contributed by atoms with Gasteiger partial charge in [0.1, 0.15) is 5.75 Å². The Balaban J connectivity index is 2.04. The van der Waals surface area contributed by atoms with Crippen LogP contribution in [-0.2, 0) is 14.6 Å². The first-order valence-electron chi connectivity index (χ1n) is 6.13.